The minimum atomic E-state index is 0.150. The molecule has 1 aromatic heterocycles. The van der Waals surface area contributed by atoms with Crippen LogP contribution in [0.15, 0.2) is 34.6 Å². The summed E-state index contributed by atoms with van der Waals surface area (Å²) < 4.78 is 1.75. The van der Waals surface area contributed by atoms with Crippen LogP contribution in [-0.4, -0.2) is 20.8 Å². The molecule has 19 heavy (non-hydrogen) atoms. The van der Waals surface area contributed by atoms with Gasteiger partial charge in [0.05, 0.1) is 0 Å². The van der Waals surface area contributed by atoms with Crippen LogP contribution < -0.4 is 5.73 Å². The largest absolute Gasteiger partial charge is 0.327 e. The Bertz CT molecular complexity index is 555. The molecular formula is C13H17ClN4S. The lowest BCUT2D eigenvalue weighted by molar-refractivity contribution is 0.640. The number of hydrogen-bond acceptors (Lipinski definition) is 4. The molecule has 0 saturated heterocycles. The lowest BCUT2D eigenvalue weighted by atomic mass is 10.0. The van der Waals surface area contributed by atoms with Crippen molar-refractivity contribution in [2.45, 2.75) is 35.9 Å². The van der Waals surface area contributed by atoms with Crippen molar-refractivity contribution in [3.05, 3.63) is 35.1 Å². The maximum Gasteiger partial charge on any atom is 0.190 e. The zero-order valence-corrected chi connectivity index (χ0v) is 12.6. The van der Waals surface area contributed by atoms with E-state index in [2.05, 4.69) is 17.0 Å². The van der Waals surface area contributed by atoms with Crippen molar-refractivity contribution in [3.8, 4) is 0 Å². The quantitative estimate of drug-likeness (QED) is 0.922. The third kappa shape index (κ3) is 3.72. The van der Waals surface area contributed by atoms with Crippen LogP contribution in [0.4, 0.5) is 0 Å². The van der Waals surface area contributed by atoms with Crippen molar-refractivity contribution in [3.63, 3.8) is 0 Å². The molecule has 0 spiro atoms. The Labute approximate surface area is 122 Å². The number of rotatable bonds is 5. The van der Waals surface area contributed by atoms with Crippen LogP contribution in [0.5, 0.6) is 0 Å². The normalized spacial score (nSPS) is 12.6. The van der Waals surface area contributed by atoms with Gasteiger partial charge in [0, 0.05) is 23.0 Å². The molecular weight excluding hydrogens is 280 g/mol. The molecule has 0 bridgehead atoms. The smallest absolute Gasteiger partial charge is 0.190 e. The second-order valence-electron chi connectivity index (χ2n) is 4.39. The molecule has 0 radical (unpaired) electrons. The molecule has 0 aliphatic heterocycles. The first kappa shape index (κ1) is 14.4. The van der Waals surface area contributed by atoms with Gasteiger partial charge in [-0.05, 0) is 48.4 Å². The molecule has 1 heterocycles. The van der Waals surface area contributed by atoms with Crippen LogP contribution in [0.1, 0.15) is 18.9 Å². The van der Waals surface area contributed by atoms with Crippen LogP contribution in [0.25, 0.3) is 0 Å². The summed E-state index contributed by atoms with van der Waals surface area (Å²) in [5.74, 6) is 0. The maximum absolute atomic E-state index is 6.07. The van der Waals surface area contributed by atoms with Crippen molar-refractivity contribution in [2.24, 2.45) is 12.8 Å². The minimum Gasteiger partial charge on any atom is -0.327 e. The standard InChI is InChI=1S/C13H17ClN4S/c1-3-11(15)7-9-6-10(14)4-5-12(9)19-13-16-8-17-18(13)2/h4-6,8,11H,3,7,15H2,1-2H3. The molecule has 0 aliphatic carbocycles. The SMILES string of the molecule is CCC(N)Cc1cc(Cl)ccc1Sc1ncnn1C. The Hall–Kier alpha value is -1.04. The van der Waals surface area contributed by atoms with Gasteiger partial charge >= 0.3 is 0 Å². The molecule has 0 amide bonds. The highest BCUT2D eigenvalue weighted by Crippen LogP contribution is 2.31. The number of halogens is 1. The Morgan fingerprint density at radius 2 is 2.26 bits per heavy atom. The van der Waals surface area contributed by atoms with Crippen molar-refractivity contribution in [1.29, 1.82) is 0 Å². The van der Waals surface area contributed by atoms with Crippen LogP contribution in [0.2, 0.25) is 5.02 Å². The van der Waals surface area contributed by atoms with Gasteiger partial charge in [-0.3, -0.25) is 0 Å². The average Bonchev–Trinajstić information content (AvgIpc) is 2.78. The summed E-state index contributed by atoms with van der Waals surface area (Å²) in [6, 6.07) is 6.04. The molecule has 2 aromatic rings. The van der Waals surface area contributed by atoms with Gasteiger partial charge in [0.2, 0.25) is 0 Å². The van der Waals surface area contributed by atoms with E-state index >= 15 is 0 Å². The summed E-state index contributed by atoms with van der Waals surface area (Å²) in [4.78, 5) is 5.35. The highest BCUT2D eigenvalue weighted by Gasteiger charge is 2.11. The summed E-state index contributed by atoms with van der Waals surface area (Å²) in [5, 5.41) is 5.66. The van der Waals surface area contributed by atoms with E-state index in [9.17, 15) is 0 Å². The summed E-state index contributed by atoms with van der Waals surface area (Å²) in [7, 11) is 1.88. The molecule has 1 unspecified atom stereocenters. The van der Waals surface area contributed by atoms with Crippen molar-refractivity contribution in [1.82, 2.24) is 14.8 Å². The third-order valence-electron chi connectivity index (χ3n) is 2.90. The Kier molecular flexibility index (Phi) is 4.85. The number of nitrogens with zero attached hydrogens (tertiary/aromatic N) is 3. The van der Waals surface area contributed by atoms with E-state index in [1.807, 2.05) is 25.2 Å². The fourth-order valence-electron chi connectivity index (χ4n) is 1.71. The Morgan fingerprint density at radius 3 is 2.89 bits per heavy atom. The zero-order valence-electron chi connectivity index (χ0n) is 11.0. The summed E-state index contributed by atoms with van der Waals surface area (Å²) >= 11 is 7.66. The van der Waals surface area contributed by atoms with Crippen molar-refractivity contribution >= 4 is 23.4 Å². The molecule has 102 valence electrons. The lowest BCUT2D eigenvalue weighted by Gasteiger charge is -2.13. The van der Waals surface area contributed by atoms with Gasteiger partial charge < -0.3 is 5.73 Å². The Morgan fingerprint density at radius 1 is 1.47 bits per heavy atom. The van der Waals surface area contributed by atoms with E-state index in [0.29, 0.717) is 0 Å². The first-order chi connectivity index (χ1) is 9.10. The van der Waals surface area contributed by atoms with Gasteiger partial charge in [0.15, 0.2) is 5.16 Å². The van der Waals surface area contributed by atoms with E-state index in [1.54, 1.807) is 22.8 Å². The second-order valence-corrected chi connectivity index (χ2v) is 5.84. The van der Waals surface area contributed by atoms with Crippen LogP contribution >= 0.6 is 23.4 Å². The van der Waals surface area contributed by atoms with E-state index in [0.717, 1.165) is 33.5 Å². The summed E-state index contributed by atoms with van der Waals surface area (Å²) in [6.45, 7) is 2.09. The van der Waals surface area contributed by atoms with Crippen molar-refractivity contribution in [2.75, 3.05) is 0 Å². The number of benzene rings is 1. The van der Waals surface area contributed by atoms with Gasteiger partial charge in [0.1, 0.15) is 6.33 Å². The molecule has 6 heteroatoms. The number of nitrogens with two attached hydrogens (primary N) is 1. The van der Waals surface area contributed by atoms with Gasteiger partial charge in [-0.25, -0.2) is 9.67 Å². The van der Waals surface area contributed by atoms with E-state index in [-0.39, 0.29) is 6.04 Å². The van der Waals surface area contributed by atoms with E-state index < -0.39 is 0 Å². The van der Waals surface area contributed by atoms with Crippen LogP contribution in [0.3, 0.4) is 0 Å². The number of aromatic nitrogens is 3. The summed E-state index contributed by atoms with van der Waals surface area (Å²) in [5.41, 5.74) is 7.20. The minimum absolute atomic E-state index is 0.150. The number of hydrogen-bond donors (Lipinski definition) is 1. The first-order valence-electron chi connectivity index (χ1n) is 6.16. The first-order valence-corrected chi connectivity index (χ1v) is 7.35. The van der Waals surface area contributed by atoms with Crippen molar-refractivity contribution < 1.29 is 0 Å². The van der Waals surface area contributed by atoms with Crippen LogP contribution in [0, 0.1) is 0 Å². The predicted molar refractivity (Wildman–Crippen MR) is 78.5 cm³/mol. The van der Waals surface area contributed by atoms with Gasteiger partial charge in [-0.15, -0.1) is 0 Å². The zero-order chi connectivity index (χ0) is 13.8. The Balaban J connectivity index is 2.26. The fraction of sp³-hybridized carbons (Fsp3) is 0.385. The second kappa shape index (κ2) is 6.41. The fourth-order valence-corrected chi connectivity index (χ4v) is 2.79. The average molecular weight is 297 g/mol. The molecule has 4 nitrogen and oxygen atoms in total. The van der Waals surface area contributed by atoms with Crippen LogP contribution in [-0.2, 0) is 13.5 Å². The topological polar surface area (TPSA) is 56.7 Å². The summed E-state index contributed by atoms with van der Waals surface area (Å²) in [6.07, 6.45) is 3.31. The highest BCUT2D eigenvalue weighted by atomic mass is 35.5. The predicted octanol–water partition coefficient (Wildman–Crippen LogP) is 2.90. The lowest BCUT2D eigenvalue weighted by Crippen LogP contribution is -2.21. The molecule has 0 aliphatic rings. The monoisotopic (exact) mass is 296 g/mol. The van der Waals surface area contributed by atoms with Gasteiger partial charge in [-0.2, -0.15) is 5.10 Å². The molecule has 0 saturated carbocycles. The van der Waals surface area contributed by atoms with Gasteiger partial charge in [-0.1, -0.05) is 18.5 Å². The van der Waals surface area contributed by atoms with E-state index in [4.69, 9.17) is 17.3 Å². The third-order valence-corrected chi connectivity index (χ3v) is 4.31. The number of aryl methyl sites for hydroxylation is 1. The molecule has 0 fully saturated rings. The molecule has 2 N–H and O–H groups in total. The highest BCUT2D eigenvalue weighted by molar-refractivity contribution is 7.99. The van der Waals surface area contributed by atoms with E-state index in [1.165, 1.54) is 0 Å². The molecule has 1 aromatic carbocycles. The van der Waals surface area contributed by atoms with Gasteiger partial charge in [0.25, 0.3) is 0 Å². The molecule has 2 rings (SSSR count). The molecule has 1 atom stereocenters. The maximum atomic E-state index is 6.07.